The van der Waals surface area contributed by atoms with Crippen LogP contribution in [-0.2, 0) is 4.79 Å². The number of carbonyl (C=O) groups is 1. The monoisotopic (exact) mass is 278 g/mol. The zero-order valence-electron chi connectivity index (χ0n) is 12.9. The van der Waals surface area contributed by atoms with Gasteiger partial charge in [0.25, 0.3) is 0 Å². The standard InChI is InChI=1S/C17H30N2O/c1-2-3-4-15(18)16(20)19-11-17-8-12-5-13(9-17)7-14(6-12)10-17/h12-15H,2-11,18H2,1H3,(H,19,20)/t12?,13?,14?,15-,17?/m0/s1. The third-order valence-electron chi connectivity index (χ3n) is 6.01. The minimum atomic E-state index is -0.302. The van der Waals surface area contributed by atoms with Gasteiger partial charge >= 0.3 is 0 Å². The Morgan fingerprint density at radius 3 is 2.25 bits per heavy atom. The summed E-state index contributed by atoms with van der Waals surface area (Å²) >= 11 is 0. The zero-order chi connectivity index (χ0) is 14.2. The first-order valence-electron chi connectivity index (χ1n) is 8.63. The maximum Gasteiger partial charge on any atom is 0.236 e. The fourth-order valence-electron chi connectivity index (χ4n) is 5.47. The van der Waals surface area contributed by atoms with E-state index in [4.69, 9.17) is 5.73 Å². The van der Waals surface area contributed by atoms with Gasteiger partial charge in [-0.05, 0) is 68.1 Å². The van der Waals surface area contributed by atoms with Gasteiger partial charge in [0.15, 0.2) is 0 Å². The zero-order valence-corrected chi connectivity index (χ0v) is 12.9. The lowest BCUT2D eigenvalue weighted by Crippen LogP contribution is -2.53. The van der Waals surface area contributed by atoms with Crippen LogP contribution in [0.3, 0.4) is 0 Å². The van der Waals surface area contributed by atoms with Crippen molar-refractivity contribution in [3.63, 3.8) is 0 Å². The topological polar surface area (TPSA) is 55.1 Å². The number of hydrogen-bond acceptors (Lipinski definition) is 2. The smallest absolute Gasteiger partial charge is 0.236 e. The Kier molecular flexibility index (Phi) is 4.07. The number of nitrogens with one attached hydrogen (secondary N) is 1. The van der Waals surface area contributed by atoms with E-state index >= 15 is 0 Å². The highest BCUT2D eigenvalue weighted by atomic mass is 16.2. The molecule has 3 N–H and O–H groups in total. The van der Waals surface area contributed by atoms with Crippen LogP contribution in [0.25, 0.3) is 0 Å². The molecule has 0 radical (unpaired) electrons. The third kappa shape index (κ3) is 2.88. The molecule has 4 rings (SSSR count). The van der Waals surface area contributed by atoms with Crippen molar-refractivity contribution >= 4 is 5.91 Å². The molecular formula is C17H30N2O. The average Bonchev–Trinajstić information content (AvgIpc) is 2.40. The number of carbonyl (C=O) groups excluding carboxylic acids is 1. The van der Waals surface area contributed by atoms with Crippen molar-refractivity contribution < 1.29 is 4.79 Å². The van der Waals surface area contributed by atoms with Crippen molar-refractivity contribution in [2.75, 3.05) is 6.54 Å². The first kappa shape index (κ1) is 14.4. The SMILES string of the molecule is CCCC[C@H](N)C(=O)NCC12CC3CC(CC(C3)C1)C2. The van der Waals surface area contributed by atoms with Gasteiger partial charge in [-0.2, -0.15) is 0 Å². The Morgan fingerprint density at radius 2 is 1.75 bits per heavy atom. The van der Waals surface area contributed by atoms with Crippen LogP contribution in [0.4, 0.5) is 0 Å². The molecule has 0 heterocycles. The normalized spacial score (nSPS) is 39.8. The van der Waals surface area contributed by atoms with Gasteiger partial charge in [0.1, 0.15) is 0 Å². The second kappa shape index (κ2) is 5.67. The van der Waals surface area contributed by atoms with E-state index in [1.807, 2.05) is 0 Å². The Bertz CT molecular complexity index is 331. The molecule has 114 valence electrons. The van der Waals surface area contributed by atoms with Crippen molar-refractivity contribution in [3.8, 4) is 0 Å². The summed E-state index contributed by atoms with van der Waals surface area (Å²) in [5, 5.41) is 3.18. The molecule has 4 fully saturated rings. The Hall–Kier alpha value is -0.570. The summed E-state index contributed by atoms with van der Waals surface area (Å²) in [5.74, 6) is 2.93. The fraction of sp³-hybridized carbons (Fsp3) is 0.941. The van der Waals surface area contributed by atoms with Gasteiger partial charge < -0.3 is 11.1 Å². The van der Waals surface area contributed by atoms with Gasteiger partial charge in [-0.3, -0.25) is 4.79 Å². The summed E-state index contributed by atoms with van der Waals surface area (Å²) < 4.78 is 0. The first-order chi connectivity index (χ1) is 9.60. The Labute approximate surface area is 123 Å². The van der Waals surface area contributed by atoms with Crippen LogP contribution in [-0.4, -0.2) is 18.5 Å². The molecule has 0 aromatic carbocycles. The van der Waals surface area contributed by atoms with E-state index in [9.17, 15) is 4.79 Å². The summed E-state index contributed by atoms with van der Waals surface area (Å²) in [6, 6.07) is -0.302. The van der Waals surface area contributed by atoms with E-state index in [1.54, 1.807) is 0 Å². The van der Waals surface area contributed by atoms with E-state index in [-0.39, 0.29) is 11.9 Å². The number of hydrogen-bond donors (Lipinski definition) is 2. The van der Waals surface area contributed by atoms with Crippen molar-refractivity contribution in [1.29, 1.82) is 0 Å². The highest BCUT2D eigenvalue weighted by Crippen LogP contribution is 2.59. The number of unbranched alkanes of at least 4 members (excludes halogenated alkanes) is 1. The second-order valence-corrected chi connectivity index (χ2v) is 7.88. The molecule has 0 aromatic heterocycles. The lowest BCUT2D eigenvalue weighted by molar-refractivity contribution is -0.124. The number of rotatable bonds is 6. The van der Waals surface area contributed by atoms with Crippen LogP contribution in [0, 0.1) is 23.2 Å². The van der Waals surface area contributed by atoms with Gasteiger partial charge in [0.2, 0.25) is 5.91 Å². The molecule has 0 spiro atoms. The third-order valence-corrected chi connectivity index (χ3v) is 6.01. The molecule has 0 saturated heterocycles. The van der Waals surface area contributed by atoms with Crippen LogP contribution in [0.1, 0.15) is 64.7 Å². The largest absolute Gasteiger partial charge is 0.354 e. The minimum Gasteiger partial charge on any atom is -0.354 e. The molecular weight excluding hydrogens is 248 g/mol. The van der Waals surface area contributed by atoms with E-state index < -0.39 is 0 Å². The maximum atomic E-state index is 12.1. The van der Waals surface area contributed by atoms with Gasteiger partial charge in [0, 0.05) is 6.54 Å². The second-order valence-electron chi connectivity index (χ2n) is 7.88. The van der Waals surface area contributed by atoms with Gasteiger partial charge in [-0.1, -0.05) is 19.8 Å². The van der Waals surface area contributed by atoms with Gasteiger partial charge in [-0.15, -0.1) is 0 Å². The predicted molar refractivity (Wildman–Crippen MR) is 81.1 cm³/mol. The number of nitrogens with two attached hydrogens (primary N) is 1. The van der Waals surface area contributed by atoms with E-state index in [1.165, 1.54) is 38.5 Å². The van der Waals surface area contributed by atoms with Crippen LogP contribution in [0.2, 0.25) is 0 Å². The Balaban J connectivity index is 1.52. The van der Waals surface area contributed by atoms with Crippen LogP contribution < -0.4 is 11.1 Å². The molecule has 3 heteroatoms. The molecule has 4 aliphatic carbocycles. The van der Waals surface area contributed by atoms with Crippen molar-refractivity contribution in [3.05, 3.63) is 0 Å². The van der Waals surface area contributed by atoms with Crippen LogP contribution in [0.5, 0.6) is 0 Å². The van der Waals surface area contributed by atoms with Gasteiger partial charge in [0.05, 0.1) is 6.04 Å². The van der Waals surface area contributed by atoms with E-state index in [0.29, 0.717) is 5.41 Å². The fourth-order valence-corrected chi connectivity index (χ4v) is 5.47. The van der Waals surface area contributed by atoms with Crippen molar-refractivity contribution in [1.82, 2.24) is 5.32 Å². The minimum absolute atomic E-state index is 0.0780. The molecule has 3 nitrogen and oxygen atoms in total. The Morgan fingerprint density at radius 1 is 1.20 bits per heavy atom. The van der Waals surface area contributed by atoms with Crippen LogP contribution >= 0.6 is 0 Å². The molecule has 4 bridgehead atoms. The lowest BCUT2D eigenvalue weighted by Gasteiger charge is -2.57. The quantitative estimate of drug-likeness (QED) is 0.785. The van der Waals surface area contributed by atoms with Gasteiger partial charge in [-0.25, -0.2) is 0 Å². The molecule has 1 amide bonds. The highest BCUT2D eigenvalue weighted by Gasteiger charge is 2.50. The molecule has 0 unspecified atom stereocenters. The highest BCUT2D eigenvalue weighted by molar-refractivity contribution is 5.81. The van der Waals surface area contributed by atoms with E-state index in [0.717, 1.165) is 43.6 Å². The summed E-state index contributed by atoms with van der Waals surface area (Å²) in [4.78, 5) is 12.1. The summed E-state index contributed by atoms with van der Waals surface area (Å²) in [6.07, 6.45) is 11.4. The lowest BCUT2D eigenvalue weighted by atomic mass is 9.49. The molecule has 20 heavy (non-hydrogen) atoms. The molecule has 0 aliphatic heterocycles. The molecule has 1 atom stereocenters. The van der Waals surface area contributed by atoms with E-state index in [2.05, 4.69) is 12.2 Å². The summed E-state index contributed by atoms with van der Waals surface area (Å²) in [6.45, 7) is 3.02. The number of amides is 1. The molecule has 0 aromatic rings. The summed E-state index contributed by atoms with van der Waals surface area (Å²) in [7, 11) is 0. The summed E-state index contributed by atoms with van der Waals surface area (Å²) in [5.41, 5.74) is 6.39. The predicted octanol–water partition coefficient (Wildman–Crippen LogP) is 2.84. The molecule has 4 aliphatic rings. The first-order valence-corrected chi connectivity index (χ1v) is 8.63. The maximum absolute atomic E-state index is 12.1. The average molecular weight is 278 g/mol. The molecule has 4 saturated carbocycles. The van der Waals surface area contributed by atoms with Crippen LogP contribution in [0.15, 0.2) is 0 Å². The van der Waals surface area contributed by atoms with Crippen molar-refractivity contribution in [2.45, 2.75) is 70.8 Å². The van der Waals surface area contributed by atoms with Crippen molar-refractivity contribution in [2.24, 2.45) is 28.9 Å².